The molecule has 4 N–H and O–H groups in total. The molecule has 30 heavy (non-hydrogen) atoms. The third-order valence-electron chi connectivity index (χ3n) is 5.83. The molecule has 1 saturated heterocycles. The van der Waals surface area contributed by atoms with Crippen LogP contribution in [0.15, 0.2) is 36.9 Å². The summed E-state index contributed by atoms with van der Waals surface area (Å²) < 4.78 is 5.89. The van der Waals surface area contributed by atoms with Crippen molar-refractivity contribution in [2.45, 2.75) is 6.92 Å². The number of aromatic nitrogens is 5. The predicted octanol–water partition coefficient (Wildman–Crippen LogP) is 2.77. The number of para-hydroxylation sites is 1. The standard InChI is InChI=1S/C21H24N8O/c1-12-9-29(10-13(12)6-22)20-17-15-4-3-5-16(23-2)18(15)26-19(17)27-21(28-20)30-14-7-24-11-25-8-14/h3-5,7-8,11-13,23H,6,9-10,22H2,1-2H3,(H,26,27,28). The van der Waals surface area contributed by atoms with E-state index in [1.54, 1.807) is 12.4 Å². The van der Waals surface area contributed by atoms with E-state index in [-0.39, 0.29) is 6.01 Å². The zero-order chi connectivity index (χ0) is 20.7. The second kappa shape index (κ2) is 7.42. The van der Waals surface area contributed by atoms with Gasteiger partial charge in [0.05, 0.1) is 29.0 Å². The third kappa shape index (κ3) is 3.07. The average Bonchev–Trinajstić information content (AvgIpc) is 3.33. The largest absolute Gasteiger partial charge is 0.421 e. The molecule has 1 aliphatic rings. The van der Waals surface area contributed by atoms with E-state index in [2.05, 4.69) is 43.1 Å². The maximum absolute atomic E-state index is 6.01. The van der Waals surface area contributed by atoms with Crippen LogP contribution in [0.1, 0.15) is 6.92 Å². The molecule has 1 fully saturated rings. The topological polar surface area (TPSA) is 118 Å². The number of nitrogens with one attached hydrogen (secondary N) is 2. The van der Waals surface area contributed by atoms with Crippen molar-refractivity contribution in [3.05, 3.63) is 36.9 Å². The summed E-state index contributed by atoms with van der Waals surface area (Å²) >= 11 is 0. The smallest absolute Gasteiger partial charge is 0.326 e. The minimum absolute atomic E-state index is 0.258. The Balaban J connectivity index is 1.69. The Morgan fingerprint density at radius 2 is 2.07 bits per heavy atom. The molecule has 0 radical (unpaired) electrons. The van der Waals surface area contributed by atoms with Gasteiger partial charge in [0.25, 0.3) is 0 Å². The molecule has 4 heterocycles. The fraction of sp³-hybridized carbons (Fsp3) is 0.333. The van der Waals surface area contributed by atoms with Gasteiger partial charge in [-0.3, -0.25) is 0 Å². The van der Waals surface area contributed by atoms with Gasteiger partial charge in [-0.25, -0.2) is 9.97 Å². The number of H-pyrrole nitrogens is 1. The van der Waals surface area contributed by atoms with E-state index in [4.69, 9.17) is 15.5 Å². The van der Waals surface area contributed by atoms with Crippen LogP contribution in [0.5, 0.6) is 11.8 Å². The van der Waals surface area contributed by atoms with Crippen molar-refractivity contribution in [3.8, 4) is 11.8 Å². The van der Waals surface area contributed by atoms with Gasteiger partial charge in [-0.2, -0.15) is 9.97 Å². The first-order valence-corrected chi connectivity index (χ1v) is 10.1. The molecule has 9 nitrogen and oxygen atoms in total. The molecule has 0 spiro atoms. The molecule has 1 aromatic carbocycles. The molecule has 9 heteroatoms. The summed E-state index contributed by atoms with van der Waals surface area (Å²) in [4.78, 5) is 23.2. The summed E-state index contributed by atoms with van der Waals surface area (Å²) in [5.74, 6) is 2.27. The maximum atomic E-state index is 6.01. The quantitative estimate of drug-likeness (QED) is 0.465. The summed E-state index contributed by atoms with van der Waals surface area (Å²) in [6.45, 7) is 4.65. The van der Waals surface area contributed by atoms with Crippen LogP contribution >= 0.6 is 0 Å². The van der Waals surface area contributed by atoms with E-state index >= 15 is 0 Å². The summed E-state index contributed by atoms with van der Waals surface area (Å²) in [5.41, 5.74) is 8.73. The van der Waals surface area contributed by atoms with Crippen molar-refractivity contribution < 1.29 is 4.74 Å². The summed E-state index contributed by atoms with van der Waals surface area (Å²) in [6, 6.07) is 6.42. The van der Waals surface area contributed by atoms with Crippen LogP contribution < -0.4 is 20.7 Å². The number of rotatable bonds is 5. The lowest BCUT2D eigenvalue weighted by Crippen LogP contribution is -2.24. The fourth-order valence-electron chi connectivity index (χ4n) is 4.22. The second-order valence-electron chi connectivity index (χ2n) is 7.71. The molecule has 0 saturated carbocycles. The van der Waals surface area contributed by atoms with Crippen LogP contribution in [0, 0.1) is 11.8 Å². The van der Waals surface area contributed by atoms with E-state index in [1.807, 2.05) is 19.2 Å². The summed E-state index contributed by atoms with van der Waals surface area (Å²) in [5, 5.41) is 5.30. The van der Waals surface area contributed by atoms with Crippen LogP contribution in [-0.4, -0.2) is 51.6 Å². The average molecular weight is 404 g/mol. The zero-order valence-electron chi connectivity index (χ0n) is 17.0. The first kappa shape index (κ1) is 18.6. The van der Waals surface area contributed by atoms with Crippen molar-refractivity contribution in [2.75, 3.05) is 36.9 Å². The first-order chi connectivity index (χ1) is 14.7. The van der Waals surface area contributed by atoms with Crippen LogP contribution in [0.25, 0.3) is 21.9 Å². The highest BCUT2D eigenvalue weighted by molar-refractivity contribution is 6.14. The SMILES string of the molecule is CNc1cccc2c1[nH]c1nc(Oc3cncnc3)nc(N3CC(C)C(CN)C3)c12. The van der Waals surface area contributed by atoms with Crippen LogP contribution in [0.2, 0.25) is 0 Å². The monoisotopic (exact) mass is 404 g/mol. The van der Waals surface area contributed by atoms with Crippen LogP contribution in [0.4, 0.5) is 11.5 Å². The van der Waals surface area contributed by atoms with Crippen molar-refractivity contribution in [3.63, 3.8) is 0 Å². The maximum Gasteiger partial charge on any atom is 0.326 e. The van der Waals surface area contributed by atoms with E-state index in [1.165, 1.54) is 6.33 Å². The minimum Gasteiger partial charge on any atom is -0.421 e. The van der Waals surface area contributed by atoms with Gasteiger partial charge in [-0.05, 0) is 24.4 Å². The highest BCUT2D eigenvalue weighted by atomic mass is 16.5. The van der Waals surface area contributed by atoms with E-state index in [9.17, 15) is 0 Å². The van der Waals surface area contributed by atoms with E-state index in [0.717, 1.165) is 46.5 Å². The van der Waals surface area contributed by atoms with Crippen LogP contribution in [-0.2, 0) is 0 Å². The third-order valence-corrected chi connectivity index (χ3v) is 5.83. The highest BCUT2D eigenvalue weighted by Crippen LogP contribution is 2.38. The van der Waals surface area contributed by atoms with Crippen molar-refractivity contribution in [2.24, 2.45) is 17.6 Å². The van der Waals surface area contributed by atoms with E-state index < -0.39 is 0 Å². The fourth-order valence-corrected chi connectivity index (χ4v) is 4.22. The van der Waals surface area contributed by atoms with E-state index in [0.29, 0.717) is 24.1 Å². The van der Waals surface area contributed by atoms with Crippen molar-refractivity contribution in [1.82, 2.24) is 24.9 Å². The second-order valence-corrected chi connectivity index (χ2v) is 7.71. The molecule has 154 valence electrons. The number of anilines is 2. The lowest BCUT2D eigenvalue weighted by atomic mass is 9.99. The normalized spacial score (nSPS) is 19.0. The van der Waals surface area contributed by atoms with Crippen LogP contribution in [0.3, 0.4) is 0 Å². The Morgan fingerprint density at radius 3 is 2.80 bits per heavy atom. The van der Waals surface area contributed by atoms with Gasteiger partial charge in [0.2, 0.25) is 0 Å². The molecule has 2 unspecified atom stereocenters. The lowest BCUT2D eigenvalue weighted by Gasteiger charge is -2.19. The highest BCUT2D eigenvalue weighted by Gasteiger charge is 2.31. The molecular formula is C21H24N8O. The molecule has 0 aliphatic carbocycles. The number of nitrogens with zero attached hydrogens (tertiary/aromatic N) is 5. The summed E-state index contributed by atoms with van der Waals surface area (Å²) in [6.07, 6.45) is 4.64. The Morgan fingerprint density at radius 1 is 1.23 bits per heavy atom. The number of benzene rings is 1. The molecule has 3 aromatic heterocycles. The number of hydrogen-bond acceptors (Lipinski definition) is 8. The van der Waals surface area contributed by atoms with Crippen molar-refractivity contribution >= 4 is 33.4 Å². The Labute approximate surface area is 173 Å². The molecule has 0 bridgehead atoms. The van der Waals surface area contributed by atoms with Gasteiger partial charge in [0.1, 0.15) is 17.8 Å². The number of fused-ring (bicyclic) bond motifs is 3. The first-order valence-electron chi connectivity index (χ1n) is 10.1. The lowest BCUT2D eigenvalue weighted by molar-refractivity contribution is 0.439. The van der Waals surface area contributed by atoms with Gasteiger partial charge in [-0.15, -0.1) is 0 Å². The zero-order valence-corrected chi connectivity index (χ0v) is 17.0. The molecule has 1 aliphatic heterocycles. The molecule has 2 atom stereocenters. The Kier molecular flexibility index (Phi) is 4.59. The van der Waals surface area contributed by atoms with Gasteiger partial charge < -0.3 is 25.7 Å². The van der Waals surface area contributed by atoms with Gasteiger partial charge in [0, 0.05) is 25.5 Å². The van der Waals surface area contributed by atoms with Gasteiger partial charge in [0.15, 0.2) is 5.75 Å². The van der Waals surface area contributed by atoms with Crippen molar-refractivity contribution in [1.29, 1.82) is 0 Å². The number of hydrogen-bond donors (Lipinski definition) is 3. The van der Waals surface area contributed by atoms with Gasteiger partial charge in [-0.1, -0.05) is 19.1 Å². The molecule has 0 amide bonds. The Bertz CT molecular complexity index is 1190. The molecule has 5 rings (SSSR count). The van der Waals surface area contributed by atoms with Gasteiger partial charge >= 0.3 is 6.01 Å². The number of nitrogens with two attached hydrogens (primary N) is 1. The number of aromatic amines is 1. The predicted molar refractivity (Wildman–Crippen MR) is 117 cm³/mol. The summed E-state index contributed by atoms with van der Waals surface area (Å²) in [7, 11) is 1.91. The minimum atomic E-state index is 0.258. The number of ether oxygens (including phenoxy) is 1. The molecular weight excluding hydrogens is 380 g/mol. The molecule has 4 aromatic rings. The Hall–Kier alpha value is -3.46.